The van der Waals surface area contributed by atoms with Gasteiger partial charge in [0, 0.05) is 9.26 Å². The van der Waals surface area contributed by atoms with E-state index in [9.17, 15) is 4.79 Å². The van der Waals surface area contributed by atoms with Crippen molar-refractivity contribution in [1.82, 2.24) is 5.43 Å². The third-order valence-electron chi connectivity index (χ3n) is 3.52. The smallest absolute Gasteiger partial charge is 0.262 e. The first-order valence-corrected chi connectivity index (χ1v) is 8.46. The highest BCUT2D eigenvalue weighted by atomic mass is 127. The second-order valence-electron chi connectivity index (χ2n) is 5.42. The van der Waals surface area contributed by atoms with E-state index in [0.717, 1.165) is 22.4 Å². The second-order valence-corrected chi connectivity index (χ2v) is 6.66. The first kappa shape index (κ1) is 17.5. The van der Waals surface area contributed by atoms with Crippen LogP contribution in [0.1, 0.15) is 23.6 Å². The Bertz CT molecular complexity index is 728. The van der Waals surface area contributed by atoms with Gasteiger partial charge in [0.1, 0.15) is 6.04 Å². The van der Waals surface area contributed by atoms with Gasteiger partial charge in [-0.15, -0.1) is 0 Å². The lowest BCUT2D eigenvalue weighted by Crippen LogP contribution is -2.35. The summed E-state index contributed by atoms with van der Waals surface area (Å²) in [7, 11) is 0. The number of nitrogens with one attached hydrogen (secondary N) is 2. The second kappa shape index (κ2) is 8.10. The molecule has 0 fully saturated rings. The van der Waals surface area contributed by atoms with Crippen molar-refractivity contribution in [2.45, 2.75) is 26.8 Å². The molecule has 0 aliphatic rings. The highest BCUT2D eigenvalue weighted by molar-refractivity contribution is 14.1. The van der Waals surface area contributed by atoms with Crippen molar-refractivity contribution in [2.75, 3.05) is 5.32 Å². The largest absolute Gasteiger partial charge is 0.374 e. The van der Waals surface area contributed by atoms with Crippen LogP contribution in [0.5, 0.6) is 0 Å². The number of aryl methyl sites for hydroxylation is 2. The van der Waals surface area contributed by atoms with E-state index >= 15 is 0 Å². The monoisotopic (exact) mass is 421 g/mol. The van der Waals surface area contributed by atoms with Crippen molar-refractivity contribution >= 4 is 40.4 Å². The Morgan fingerprint density at radius 3 is 2.61 bits per heavy atom. The van der Waals surface area contributed by atoms with Crippen LogP contribution in [0, 0.1) is 17.4 Å². The van der Waals surface area contributed by atoms with Gasteiger partial charge in [-0.2, -0.15) is 5.10 Å². The van der Waals surface area contributed by atoms with E-state index in [0.29, 0.717) is 0 Å². The molecule has 4 nitrogen and oxygen atoms in total. The van der Waals surface area contributed by atoms with Crippen molar-refractivity contribution < 1.29 is 4.79 Å². The lowest BCUT2D eigenvalue weighted by atomic mass is 10.1. The minimum atomic E-state index is -0.372. The summed E-state index contributed by atoms with van der Waals surface area (Å²) in [6.45, 7) is 5.84. The van der Waals surface area contributed by atoms with Crippen molar-refractivity contribution in [3.05, 3.63) is 62.7 Å². The minimum Gasteiger partial charge on any atom is -0.374 e. The summed E-state index contributed by atoms with van der Waals surface area (Å²) in [5.74, 6) is -0.173. The van der Waals surface area contributed by atoms with E-state index in [1.165, 1.54) is 3.57 Å². The normalized spacial score (nSPS) is 12.2. The third kappa shape index (κ3) is 5.06. The predicted octanol–water partition coefficient (Wildman–Crippen LogP) is 3.86. The zero-order valence-electron chi connectivity index (χ0n) is 13.4. The Morgan fingerprint density at radius 2 is 1.91 bits per heavy atom. The molecule has 120 valence electrons. The number of hydrogen-bond donors (Lipinski definition) is 2. The molecule has 0 saturated heterocycles. The standard InChI is InChI=1S/C18H20IN3O/c1-12-6-4-5-7-15(12)11-20-22-18(23)14(3)21-17-9-8-16(19)10-13(17)2/h4-11,14,21H,1-3H3,(H,22,23)/b20-11-/t14-/m1/s1. The SMILES string of the molecule is Cc1ccccc1/C=N\NC(=O)[C@@H](C)Nc1ccc(I)cc1C. The maximum atomic E-state index is 12.1. The Balaban J connectivity index is 1.94. The molecule has 0 bridgehead atoms. The van der Waals surface area contributed by atoms with Crippen LogP contribution in [0.3, 0.4) is 0 Å². The van der Waals surface area contributed by atoms with Crippen molar-refractivity contribution in [3.8, 4) is 0 Å². The Hall–Kier alpha value is -1.89. The summed E-state index contributed by atoms with van der Waals surface area (Å²) in [4.78, 5) is 12.1. The Morgan fingerprint density at radius 1 is 1.17 bits per heavy atom. The molecule has 0 radical (unpaired) electrons. The predicted molar refractivity (Wildman–Crippen MR) is 104 cm³/mol. The van der Waals surface area contributed by atoms with Crippen LogP contribution < -0.4 is 10.7 Å². The molecule has 1 amide bonds. The molecular weight excluding hydrogens is 401 g/mol. The van der Waals surface area contributed by atoms with E-state index in [-0.39, 0.29) is 11.9 Å². The average molecular weight is 421 g/mol. The lowest BCUT2D eigenvalue weighted by Gasteiger charge is -2.15. The molecule has 23 heavy (non-hydrogen) atoms. The molecule has 0 unspecified atom stereocenters. The molecule has 2 N–H and O–H groups in total. The van der Waals surface area contributed by atoms with Crippen LogP contribution in [0.15, 0.2) is 47.6 Å². The molecule has 2 aromatic rings. The molecule has 2 aromatic carbocycles. The van der Waals surface area contributed by atoms with E-state index in [1.54, 1.807) is 6.21 Å². The van der Waals surface area contributed by atoms with Gasteiger partial charge >= 0.3 is 0 Å². The van der Waals surface area contributed by atoms with Gasteiger partial charge in [-0.05, 0) is 78.3 Å². The highest BCUT2D eigenvalue weighted by Crippen LogP contribution is 2.18. The maximum absolute atomic E-state index is 12.1. The number of halogens is 1. The van der Waals surface area contributed by atoms with Gasteiger partial charge in [-0.3, -0.25) is 4.79 Å². The molecule has 0 spiro atoms. The number of hydrazone groups is 1. The molecule has 0 heterocycles. The molecular formula is C18H20IN3O. The van der Waals surface area contributed by atoms with E-state index < -0.39 is 0 Å². The zero-order chi connectivity index (χ0) is 16.8. The minimum absolute atomic E-state index is 0.173. The van der Waals surface area contributed by atoms with Gasteiger partial charge in [0.2, 0.25) is 0 Å². The summed E-state index contributed by atoms with van der Waals surface area (Å²) in [6, 6.07) is 13.6. The highest BCUT2D eigenvalue weighted by Gasteiger charge is 2.12. The summed E-state index contributed by atoms with van der Waals surface area (Å²) in [6.07, 6.45) is 1.66. The number of carbonyl (C=O) groups excluding carboxylic acids is 1. The Labute approximate surface area is 150 Å². The fraction of sp³-hybridized carbons (Fsp3) is 0.222. The van der Waals surface area contributed by atoms with Crippen LogP contribution in [-0.4, -0.2) is 18.2 Å². The van der Waals surface area contributed by atoms with Gasteiger partial charge in [0.05, 0.1) is 6.21 Å². The first-order valence-electron chi connectivity index (χ1n) is 7.38. The van der Waals surface area contributed by atoms with Crippen LogP contribution in [0.4, 0.5) is 5.69 Å². The van der Waals surface area contributed by atoms with Gasteiger partial charge in [0.25, 0.3) is 5.91 Å². The van der Waals surface area contributed by atoms with Gasteiger partial charge in [0.15, 0.2) is 0 Å². The summed E-state index contributed by atoms with van der Waals surface area (Å²) in [5, 5.41) is 7.24. The lowest BCUT2D eigenvalue weighted by molar-refractivity contribution is -0.121. The third-order valence-corrected chi connectivity index (χ3v) is 4.19. The van der Waals surface area contributed by atoms with E-state index in [1.807, 2.05) is 57.2 Å². The Kier molecular flexibility index (Phi) is 6.15. The maximum Gasteiger partial charge on any atom is 0.262 e. The summed E-state index contributed by atoms with van der Waals surface area (Å²) < 4.78 is 1.17. The molecule has 0 saturated carbocycles. The van der Waals surface area contributed by atoms with Gasteiger partial charge in [-0.25, -0.2) is 5.43 Å². The first-order chi connectivity index (χ1) is 11.0. The zero-order valence-corrected chi connectivity index (χ0v) is 15.6. The molecule has 1 atom stereocenters. The van der Waals surface area contributed by atoms with Crippen LogP contribution in [0.25, 0.3) is 0 Å². The molecule has 5 heteroatoms. The van der Waals surface area contributed by atoms with Crippen molar-refractivity contribution in [3.63, 3.8) is 0 Å². The van der Waals surface area contributed by atoms with Crippen molar-refractivity contribution in [1.29, 1.82) is 0 Å². The number of hydrogen-bond acceptors (Lipinski definition) is 3. The van der Waals surface area contributed by atoms with Gasteiger partial charge in [-0.1, -0.05) is 24.3 Å². The van der Waals surface area contributed by atoms with Crippen LogP contribution in [0.2, 0.25) is 0 Å². The molecule has 0 aliphatic heterocycles. The van der Waals surface area contributed by atoms with Crippen LogP contribution in [-0.2, 0) is 4.79 Å². The summed E-state index contributed by atoms with van der Waals surface area (Å²) in [5.41, 5.74) is 6.75. The quantitative estimate of drug-likeness (QED) is 0.438. The van der Waals surface area contributed by atoms with E-state index in [2.05, 4.69) is 44.5 Å². The number of carbonyl (C=O) groups is 1. The number of anilines is 1. The van der Waals surface area contributed by atoms with Gasteiger partial charge < -0.3 is 5.32 Å². The number of amides is 1. The fourth-order valence-corrected chi connectivity index (χ4v) is 2.73. The number of nitrogens with zero attached hydrogens (tertiary/aromatic N) is 1. The van der Waals surface area contributed by atoms with E-state index in [4.69, 9.17) is 0 Å². The molecule has 0 aromatic heterocycles. The number of rotatable bonds is 5. The van der Waals surface area contributed by atoms with Crippen molar-refractivity contribution in [2.24, 2.45) is 5.10 Å². The number of benzene rings is 2. The van der Waals surface area contributed by atoms with Crippen LogP contribution >= 0.6 is 22.6 Å². The molecule has 2 rings (SSSR count). The fourth-order valence-electron chi connectivity index (χ4n) is 2.08. The molecule has 0 aliphatic carbocycles. The topological polar surface area (TPSA) is 53.5 Å². The summed E-state index contributed by atoms with van der Waals surface area (Å²) >= 11 is 2.27. The average Bonchev–Trinajstić information content (AvgIpc) is 2.51.